The van der Waals surface area contributed by atoms with E-state index >= 15 is 0 Å². The number of nitrogens with one attached hydrogen (secondary N) is 1. The minimum atomic E-state index is -5.02. The monoisotopic (exact) mass is 1530 g/mol. The second-order valence-corrected chi connectivity index (χ2v) is 25.7. The summed E-state index contributed by atoms with van der Waals surface area (Å²) in [6, 6.07) is 4.07. The van der Waals surface area contributed by atoms with E-state index in [2.05, 4.69) is 39.6 Å². The maximum absolute atomic E-state index is 12.8. The fourth-order valence-electron chi connectivity index (χ4n) is 6.02. The van der Waals surface area contributed by atoms with E-state index in [1.165, 1.54) is 0 Å². The molecule has 510 valence electrons. The van der Waals surface area contributed by atoms with E-state index in [9.17, 15) is 122 Å². The van der Waals surface area contributed by atoms with Crippen molar-refractivity contribution in [2.24, 2.45) is 5.73 Å². The van der Waals surface area contributed by atoms with Gasteiger partial charge in [-0.3, -0.25) is 0 Å². The van der Waals surface area contributed by atoms with Gasteiger partial charge in [-0.25, -0.2) is 21.6 Å². The molecule has 0 aliphatic rings. The number of thioether (sulfide) groups is 1. The van der Waals surface area contributed by atoms with Gasteiger partial charge in [0.05, 0.1) is 56.0 Å². The summed E-state index contributed by atoms with van der Waals surface area (Å²) in [5.74, 6) is -2.33. The lowest BCUT2D eigenvalue weighted by atomic mass is 10.1. The average molecular weight is 1530 g/mol. The van der Waals surface area contributed by atoms with Crippen LogP contribution in [0.25, 0.3) is 0 Å². The molecule has 4 aromatic carbocycles. The van der Waals surface area contributed by atoms with E-state index < -0.39 is 140 Å². The van der Waals surface area contributed by atoms with Crippen molar-refractivity contribution in [1.82, 2.24) is 14.5 Å². The Bertz CT molecular complexity index is 2950. The molecule has 0 atom stereocenters. The van der Waals surface area contributed by atoms with Gasteiger partial charge in [0.1, 0.15) is 5.40 Å². The summed E-state index contributed by atoms with van der Waals surface area (Å²) in [6.07, 6.45) is -37.8. The molecule has 0 fully saturated rings. The van der Waals surface area contributed by atoms with Crippen LogP contribution in [0.5, 0.6) is 0 Å². The van der Waals surface area contributed by atoms with Crippen LogP contribution in [0.3, 0.4) is 0 Å². The highest BCUT2D eigenvalue weighted by molar-refractivity contribution is 9.08. The third-order valence-electron chi connectivity index (χ3n) is 9.66. The Morgan fingerprint density at radius 3 is 0.944 bits per heavy atom. The molecule has 0 saturated carbocycles. The number of halogens is 29. The van der Waals surface area contributed by atoms with Gasteiger partial charge in [-0.15, -0.1) is 0 Å². The lowest BCUT2D eigenvalue weighted by molar-refractivity contribution is -0.144. The lowest BCUT2D eigenvalue weighted by Gasteiger charge is -2.15. The topological polar surface area (TPSA) is 137 Å². The minimum absolute atomic E-state index is 0.0333. The van der Waals surface area contributed by atoms with Gasteiger partial charge in [0.2, 0.25) is 19.1 Å². The number of rotatable bonds is 15. The van der Waals surface area contributed by atoms with Crippen molar-refractivity contribution in [3.05, 3.63) is 140 Å². The van der Waals surface area contributed by atoms with E-state index in [1.54, 1.807) is 24.4 Å². The van der Waals surface area contributed by atoms with Crippen LogP contribution in [0.2, 0.25) is 0 Å². The normalized spacial score (nSPS) is 12.7. The van der Waals surface area contributed by atoms with Gasteiger partial charge in [0.15, 0.2) is 4.30 Å². The number of sulfonamides is 1. The highest BCUT2D eigenvalue weighted by Gasteiger charge is 2.41. The maximum atomic E-state index is 12.8. The van der Waals surface area contributed by atoms with Crippen molar-refractivity contribution in [2.75, 3.05) is 54.4 Å². The molecule has 0 amide bonds. The predicted octanol–water partition coefficient (Wildman–Crippen LogP) is 17.8. The summed E-state index contributed by atoms with van der Waals surface area (Å²) in [6.45, 7) is 2.52. The molecule has 9 nitrogen and oxygen atoms in total. The Morgan fingerprint density at radius 2 is 0.730 bits per heavy atom. The molecule has 0 aliphatic heterocycles. The zero-order valence-electron chi connectivity index (χ0n) is 45.3. The fourth-order valence-corrected chi connectivity index (χ4v) is 8.85. The van der Waals surface area contributed by atoms with E-state index in [0.29, 0.717) is 73.3 Å². The molecular formula is C48H48BrCl4F24N5O4S3. The van der Waals surface area contributed by atoms with E-state index in [0.717, 1.165) is 19.5 Å². The summed E-state index contributed by atoms with van der Waals surface area (Å²) in [5, 5.41) is 9.77. The van der Waals surface area contributed by atoms with Gasteiger partial charge >= 0.3 is 49.4 Å². The van der Waals surface area contributed by atoms with E-state index in [4.69, 9.17) is 56.5 Å². The Hall–Kier alpha value is -3.58. The summed E-state index contributed by atoms with van der Waals surface area (Å²) >= 11 is 17.8. The maximum Gasteiger partial charge on any atom is 0.416 e. The van der Waals surface area contributed by atoms with E-state index in [-0.39, 0.29) is 53.0 Å². The third kappa shape index (κ3) is 39.5. The Morgan fingerprint density at radius 1 is 0.483 bits per heavy atom. The van der Waals surface area contributed by atoms with Crippen LogP contribution in [0, 0.1) is 10.7 Å². The molecule has 4 rings (SSSR count). The van der Waals surface area contributed by atoms with Crippen molar-refractivity contribution in [3.8, 4) is 5.40 Å². The Kier molecular flexibility index (Phi) is 36.1. The zero-order valence-corrected chi connectivity index (χ0v) is 52.4. The number of benzene rings is 4. The van der Waals surface area contributed by atoms with Crippen LogP contribution in [0.15, 0.2) is 72.8 Å². The molecule has 0 bridgehead atoms. The molecule has 0 aliphatic carbocycles. The van der Waals surface area contributed by atoms with Crippen LogP contribution in [-0.2, 0) is 91.1 Å². The first kappa shape index (κ1) is 87.5. The molecule has 0 saturated heterocycles. The molecule has 3 N–H and O–H groups in total. The number of alkyl halides is 28. The number of nitrogens with two attached hydrogens (primary N) is 1. The highest BCUT2D eigenvalue weighted by atomic mass is 79.9. The van der Waals surface area contributed by atoms with Gasteiger partial charge in [-0.2, -0.15) is 111 Å². The van der Waals surface area contributed by atoms with E-state index in [1.807, 2.05) is 0 Å². The van der Waals surface area contributed by atoms with Crippen molar-refractivity contribution in [3.63, 3.8) is 0 Å². The SMILES string of the molecule is CN(C)CCCN.CN(C)CCCNS(=O)(=O)Cc1cc(C(F)(F)F)cc(C(F)(F)F)c1.ClC(Cl)Cl.FC(F)(F)c1cc(CBr)cc(C(F)(F)F)c1.N#CSCc1cc(C(F)(F)F)cc(C(F)(F)F)c1.O=S(=O)(Cl)Cc1cc(C(F)(F)F)cc(C(F)(F)F)c1. The van der Waals surface area contributed by atoms with Crippen molar-refractivity contribution >= 4 is 92.3 Å². The van der Waals surface area contributed by atoms with Gasteiger partial charge in [-0.05, 0) is 167 Å². The van der Waals surface area contributed by atoms with Crippen molar-refractivity contribution in [1.29, 1.82) is 5.26 Å². The molecular weight excluding hydrogens is 1480 g/mol. The molecule has 0 radical (unpaired) electrons. The molecule has 4 aromatic rings. The number of hydrogen-bond acceptors (Lipinski definition) is 9. The lowest BCUT2D eigenvalue weighted by Crippen LogP contribution is -2.28. The average Bonchev–Trinajstić information content (AvgIpc) is 1.30. The quantitative estimate of drug-likeness (QED) is 0.0392. The number of nitriles is 1. The fraction of sp³-hybridized carbons (Fsp3) is 0.479. The smallest absolute Gasteiger partial charge is 0.330 e. The van der Waals surface area contributed by atoms with Gasteiger partial charge in [0.25, 0.3) is 0 Å². The van der Waals surface area contributed by atoms with Crippen molar-refractivity contribution in [2.45, 2.75) is 89.1 Å². The first-order valence-corrected chi connectivity index (χ1v) is 30.8. The number of thiocyanates is 1. The first-order valence-electron chi connectivity index (χ1n) is 23.3. The van der Waals surface area contributed by atoms with Crippen molar-refractivity contribution < 1.29 is 122 Å². The molecule has 41 heteroatoms. The third-order valence-corrected chi connectivity index (χ3v) is 13.3. The number of nitrogens with zero attached hydrogens (tertiary/aromatic N) is 3. The predicted molar refractivity (Wildman–Crippen MR) is 291 cm³/mol. The molecule has 0 heterocycles. The van der Waals surface area contributed by atoms with Crippen LogP contribution < -0.4 is 10.5 Å². The van der Waals surface area contributed by atoms with Crippen LogP contribution >= 0.6 is 73.2 Å². The standard InChI is InChI=1S/C14H18F6N2O2S.C10H5F6NS.C9H5BrF6.C9H5ClF6O2S.C5H14N2.CHCl3/c1-22(2)5-3-4-21-25(23,24)9-10-6-11(13(15,16)17)8-12(7-10)14(18,19)20;11-9(12,13)7-1-6(4-18-5-17)2-8(3-7)10(14,15)16;10-4-5-1-6(8(11,12)13)3-7(2-5)9(14,15)16;10-19(17,18)4-5-1-6(8(11,12)13)3-7(2-5)9(14,15)16;1-7(2)5-3-4-6;2-1(3)4/h6-8,21H,3-5,9H2,1-2H3;1-3H,4H2;1-3H,4H2;1-3H,4H2;3-6H2,1-2H3;1H. The second kappa shape index (κ2) is 36.8. The largest absolute Gasteiger partial charge is 0.416 e. The van der Waals surface area contributed by atoms with Crippen LogP contribution in [0.1, 0.15) is 79.6 Å². The summed E-state index contributed by atoms with van der Waals surface area (Å²) in [7, 11) is 4.14. The number of hydrogen-bond donors (Lipinski definition) is 2. The van der Waals surface area contributed by atoms with Crippen LogP contribution in [-0.4, -0.2) is 85.3 Å². The zero-order chi connectivity index (χ0) is 70.3. The molecule has 0 unspecified atom stereocenters. The van der Waals surface area contributed by atoms with Gasteiger partial charge in [0, 0.05) is 28.3 Å². The van der Waals surface area contributed by atoms with Gasteiger partial charge in [-0.1, -0.05) is 50.7 Å². The molecule has 0 aromatic heterocycles. The Balaban J connectivity index is 0. The second-order valence-electron chi connectivity index (χ2n) is 17.9. The molecule has 89 heavy (non-hydrogen) atoms. The Labute approximate surface area is 525 Å². The minimum Gasteiger partial charge on any atom is -0.330 e. The first-order chi connectivity index (χ1) is 39.8. The summed E-state index contributed by atoms with van der Waals surface area (Å²) in [4.78, 5) is 3.93. The van der Waals surface area contributed by atoms with Gasteiger partial charge < -0.3 is 15.5 Å². The van der Waals surface area contributed by atoms with Crippen LogP contribution in [0.4, 0.5) is 105 Å². The summed E-state index contributed by atoms with van der Waals surface area (Å²) in [5.41, 5.74) is -7.86. The highest BCUT2D eigenvalue weighted by Crippen LogP contribution is 2.41. The molecule has 0 spiro atoms. The summed E-state index contributed by atoms with van der Waals surface area (Å²) < 4.78 is 346.